The topological polar surface area (TPSA) is 13.1 Å². The number of furan rings is 1. The third-order valence-electron chi connectivity index (χ3n) is 5.43. The van der Waals surface area contributed by atoms with E-state index >= 15 is 0 Å². The standard InChI is InChI=1S/C26H28O/c1-2-3-4-5-6-7-10-20-13-14-22-18-24(16-15-21(22)17-20)26-19-23-11-8-9-12-25(23)27-26/h8-9,11-19H,2-7,10H2,1H3. The smallest absolute Gasteiger partial charge is 0.135 e. The van der Waals surface area contributed by atoms with Crippen molar-refractivity contribution in [3.63, 3.8) is 0 Å². The van der Waals surface area contributed by atoms with Gasteiger partial charge in [-0.3, -0.25) is 0 Å². The van der Waals surface area contributed by atoms with Gasteiger partial charge in [-0.15, -0.1) is 0 Å². The second kappa shape index (κ2) is 8.43. The Morgan fingerprint density at radius 2 is 1.44 bits per heavy atom. The molecular weight excluding hydrogens is 328 g/mol. The zero-order chi connectivity index (χ0) is 18.5. The number of fused-ring (bicyclic) bond motifs is 2. The van der Waals surface area contributed by atoms with Crippen molar-refractivity contribution in [3.05, 3.63) is 72.3 Å². The first-order valence-corrected chi connectivity index (χ1v) is 10.3. The molecule has 1 heterocycles. The van der Waals surface area contributed by atoms with Crippen LogP contribution in [-0.2, 0) is 6.42 Å². The molecule has 1 aromatic heterocycles. The van der Waals surface area contributed by atoms with Gasteiger partial charge in [0.15, 0.2) is 0 Å². The van der Waals surface area contributed by atoms with E-state index in [2.05, 4.69) is 55.5 Å². The molecular formula is C26H28O. The lowest BCUT2D eigenvalue weighted by Crippen LogP contribution is -1.87. The van der Waals surface area contributed by atoms with Gasteiger partial charge >= 0.3 is 0 Å². The molecule has 0 bridgehead atoms. The summed E-state index contributed by atoms with van der Waals surface area (Å²) in [6.07, 6.45) is 9.30. The van der Waals surface area contributed by atoms with Crippen molar-refractivity contribution in [3.8, 4) is 11.3 Å². The fraction of sp³-hybridized carbons (Fsp3) is 0.308. The molecule has 138 valence electrons. The summed E-state index contributed by atoms with van der Waals surface area (Å²) >= 11 is 0. The van der Waals surface area contributed by atoms with Gasteiger partial charge in [0, 0.05) is 10.9 Å². The molecule has 0 atom stereocenters. The molecule has 0 radical (unpaired) electrons. The SMILES string of the molecule is CCCCCCCCc1ccc2cc(-c3cc4ccccc4o3)ccc2c1. The molecule has 0 spiro atoms. The second-order valence-corrected chi connectivity index (χ2v) is 7.56. The van der Waals surface area contributed by atoms with E-state index in [9.17, 15) is 0 Å². The summed E-state index contributed by atoms with van der Waals surface area (Å²) in [6.45, 7) is 2.27. The monoisotopic (exact) mass is 356 g/mol. The van der Waals surface area contributed by atoms with Crippen LogP contribution in [-0.4, -0.2) is 0 Å². The average molecular weight is 357 g/mol. The summed E-state index contributed by atoms with van der Waals surface area (Å²) in [6, 6.07) is 23.8. The van der Waals surface area contributed by atoms with Crippen LogP contribution >= 0.6 is 0 Å². The summed E-state index contributed by atoms with van der Waals surface area (Å²) in [5.41, 5.74) is 3.54. The van der Waals surface area contributed by atoms with Crippen LogP contribution in [0.2, 0.25) is 0 Å². The van der Waals surface area contributed by atoms with Crippen molar-refractivity contribution in [1.29, 1.82) is 0 Å². The number of hydrogen-bond acceptors (Lipinski definition) is 1. The van der Waals surface area contributed by atoms with E-state index in [1.165, 1.54) is 61.3 Å². The minimum Gasteiger partial charge on any atom is -0.456 e. The molecule has 0 saturated carbocycles. The summed E-state index contributed by atoms with van der Waals surface area (Å²) in [4.78, 5) is 0. The number of para-hydroxylation sites is 1. The van der Waals surface area contributed by atoms with Gasteiger partial charge in [0.1, 0.15) is 11.3 Å². The van der Waals surface area contributed by atoms with E-state index in [0.29, 0.717) is 0 Å². The molecule has 1 heteroatoms. The molecule has 4 aromatic rings. The minimum atomic E-state index is 0.939. The minimum absolute atomic E-state index is 0.939. The van der Waals surface area contributed by atoms with Crippen LogP contribution in [0, 0.1) is 0 Å². The Bertz CT molecular complexity index is 992. The Morgan fingerprint density at radius 3 is 2.33 bits per heavy atom. The molecule has 0 fully saturated rings. The maximum Gasteiger partial charge on any atom is 0.135 e. The first-order chi connectivity index (χ1) is 13.3. The van der Waals surface area contributed by atoms with Crippen LogP contribution in [0.3, 0.4) is 0 Å². The van der Waals surface area contributed by atoms with E-state index in [1.807, 2.05) is 18.2 Å². The number of benzene rings is 3. The molecule has 0 saturated heterocycles. The predicted octanol–water partition coefficient (Wildman–Crippen LogP) is 8.16. The Morgan fingerprint density at radius 1 is 0.667 bits per heavy atom. The third kappa shape index (κ3) is 4.24. The Labute approximate surface area is 162 Å². The van der Waals surface area contributed by atoms with Crippen molar-refractivity contribution in [2.75, 3.05) is 0 Å². The van der Waals surface area contributed by atoms with Crippen LogP contribution in [0.25, 0.3) is 33.1 Å². The van der Waals surface area contributed by atoms with E-state index in [-0.39, 0.29) is 0 Å². The lowest BCUT2D eigenvalue weighted by Gasteiger charge is -2.06. The van der Waals surface area contributed by atoms with Gasteiger partial charge in [-0.05, 0) is 47.4 Å². The van der Waals surface area contributed by atoms with Gasteiger partial charge in [0.25, 0.3) is 0 Å². The van der Waals surface area contributed by atoms with Gasteiger partial charge < -0.3 is 4.42 Å². The Hall–Kier alpha value is -2.54. The maximum atomic E-state index is 6.02. The van der Waals surface area contributed by atoms with Crippen LogP contribution in [0.5, 0.6) is 0 Å². The molecule has 0 amide bonds. The zero-order valence-corrected chi connectivity index (χ0v) is 16.2. The fourth-order valence-corrected chi connectivity index (χ4v) is 3.84. The molecule has 0 unspecified atom stereocenters. The summed E-state index contributed by atoms with van der Waals surface area (Å²) in [7, 11) is 0. The summed E-state index contributed by atoms with van der Waals surface area (Å²) in [5, 5.41) is 3.75. The van der Waals surface area contributed by atoms with Crippen molar-refractivity contribution >= 4 is 21.7 Å². The Kier molecular flexibility index (Phi) is 5.58. The first-order valence-electron chi connectivity index (χ1n) is 10.3. The van der Waals surface area contributed by atoms with E-state index in [4.69, 9.17) is 4.42 Å². The quantitative estimate of drug-likeness (QED) is 0.290. The molecule has 27 heavy (non-hydrogen) atoms. The molecule has 0 aliphatic rings. The van der Waals surface area contributed by atoms with Crippen molar-refractivity contribution < 1.29 is 4.42 Å². The normalized spacial score (nSPS) is 11.4. The van der Waals surface area contributed by atoms with Gasteiger partial charge in [0.2, 0.25) is 0 Å². The third-order valence-corrected chi connectivity index (χ3v) is 5.43. The average Bonchev–Trinajstić information content (AvgIpc) is 3.14. The molecule has 3 aromatic carbocycles. The number of rotatable bonds is 8. The van der Waals surface area contributed by atoms with Crippen LogP contribution in [0.1, 0.15) is 51.0 Å². The van der Waals surface area contributed by atoms with Crippen LogP contribution in [0.4, 0.5) is 0 Å². The summed E-state index contributed by atoms with van der Waals surface area (Å²) in [5.74, 6) is 0.939. The van der Waals surface area contributed by atoms with Crippen molar-refractivity contribution in [2.45, 2.75) is 51.9 Å². The van der Waals surface area contributed by atoms with Gasteiger partial charge in [-0.25, -0.2) is 0 Å². The molecule has 1 nitrogen and oxygen atoms in total. The lowest BCUT2D eigenvalue weighted by atomic mass is 10.00. The van der Waals surface area contributed by atoms with Crippen molar-refractivity contribution in [2.24, 2.45) is 0 Å². The molecule has 0 N–H and O–H groups in total. The van der Waals surface area contributed by atoms with Gasteiger partial charge in [0.05, 0.1) is 0 Å². The molecule has 0 aliphatic carbocycles. The first kappa shape index (κ1) is 17.9. The zero-order valence-electron chi connectivity index (χ0n) is 16.2. The van der Waals surface area contributed by atoms with Crippen LogP contribution < -0.4 is 0 Å². The summed E-state index contributed by atoms with van der Waals surface area (Å²) < 4.78 is 6.02. The van der Waals surface area contributed by atoms with Crippen LogP contribution in [0.15, 0.2) is 71.1 Å². The molecule has 4 rings (SSSR count). The van der Waals surface area contributed by atoms with Crippen molar-refractivity contribution in [1.82, 2.24) is 0 Å². The number of hydrogen-bond donors (Lipinski definition) is 0. The van der Waals surface area contributed by atoms with Gasteiger partial charge in [-0.2, -0.15) is 0 Å². The highest BCUT2D eigenvalue weighted by Gasteiger charge is 2.07. The highest BCUT2D eigenvalue weighted by atomic mass is 16.3. The van der Waals surface area contributed by atoms with E-state index in [0.717, 1.165) is 22.3 Å². The maximum absolute atomic E-state index is 6.02. The Balaban J connectivity index is 1.47. The highest BCUT2D eigenvalue weighted by Crippen LogP contribution is 2.30. The van der Waals surface area contributed by atoms with E-state index < -0.39 is 0 Å². The lowest BCUT2D eigenvalue weighted by molar-refractivity contribution is 0.607. The fourth-order valence-electron chi connectivity index (χ4n) is 3.84. The molecule has 0 aliphatic heterocycles. The van der Waals surface area contributed by atoms with Gasteiger partial charge in [-0.1, -0.05) is 87.6 Å². The highest BCUT2D eigenvalue weighted by molar-refractivity contribution is 5.89. The largest absolute Gasteiger partial charge is 0.456 e. The number of aryl methyl sites for hydroxylation is 1. The second-order valence-electron chi connectivity index (χ2n) is 7.56. The van der Waals surface area contributed by atoms with E-state index in [1.54, 1.807) is 0 Å². The predicted molar refractivity (Wildman–Crippen MR) is 116 cm³/mol. The number of unbranched alkanes of at least 4 members (excludes halogenated alkanes) is 5.